The number of hydrogen-bond donors (Lipinski definition) is 3. The van der Waals surface area contributed by atoms with E-state index in [1.54, 1.807) is 0 Å². The summed E-state index contributed by atoms with van der Waals surface area (Å²) in [6.07, 6.45) is -1.52. The van der Waals surface area contributed by atoms with Crippen molar-refractivity contribution >= 4 is 27.9 Å². The van der Waals surface area contributed by atoms with Gasteiger partial charge >= 0.3 is 6.09 Å². The van der Waals surface area contributed by atoms with Crippen LogP contribution in [-0.2, 0) is 16.4 Å². The molecule has 2 aliphatic heterocycles. The van der Waals surface area contributed by atoms with Crippen LogP contribution in [0.2, 0.25) is 0 Å². The molecule has 4 rings (SSSR count). The van der Waals surface area contributed by atoms with Crippen LogP contribution in [0.15, 0.2) is 47.4 Å². The number of ether oxygens (including phenoxy) is 3. The van der Waals surface area contributed by atoms with Gasteiger partial charge in [-0.1, -0.05) is 26.0 Å². The summed E-state index contributed by atoms with van der Waals surface area (Å²) < 4.78 is 44.8. The SMILES string of the molecule is CC(C)CN(C[C@H](O)[C@H](Cc1ccc(OCCCN2CCSC2)cc1)NC(=O)O)S(=O)(=O)c1ccc2c(c1)OCO2. The molecule has 0 saturated carbocycles. The van der Waals surface area contributed by atoms with Crippen LogP contribution in [0.25, 0.3) is 0 Å². The Hall–Kier alpha value is -2.71. The molecule has 0 bridgehead atoms. The van der Waals surface area contributed by atoms with Gasteiger partial charge in [0.05, 0.1) is 23.6 Å². The van der Waals surface area contributed by atoms with Crippen LogP contribution in [0, 0.1) is 5.92 Å². The average Bonchev–Trinajstić information content (AvgIpc) is 3.62. The molecule has 1 fully saturated rings. The van der Waals surface area contributed by atoms with Crippen molar-refractivity contribution in [3.63, 3.8) is 0 Å². The lowest BCUT2D eigenvalue weighted by Gasteiger charge is -2.30. The Morgan fingerprint density at radius 3 is 2.59 bits per heavy atom. The second kappa shape index (κ2) is 14.5. The van der Waals surface area contributed by atoms with Crippen molar-refractivity contribution in [1.29, 1.82) is 0 Å². The van der Waals surface area contributed by atoms with Gasteiger partial charge in [-0.05, 0) is 48.6 Å². The molecule has 0 aliphatic carbocycles. The van der Waals surface area contributed by atoms with Crippen molar-refractivity contribution in [2.24, 2.45) is 5.92 Å². The molecule has 2 aliphatic rings. The van der Waals surface area contributed by atoms with E-state index in [4.69, 9.17) is 14.2 Å². The number of fused-ring (bicyclic) bond motifs is 1. The maximum atomic E-state index is 13.6. The molecule has 2 heterocycles. The van der Waals surface area contributed by atoms with Crippen molar-refractivity contribution < 1.29 is 37.6 Å². The normalized spacial score (nSPS) is 16.7. The Morgan fingerprint density at radius 1 is 1.15 bits per heavy atom. The molecule has 1 amide bonds. The zero-order chi connectivity index (χ0) is 29.4. The lowest BCUT2D eigenvalue weighted by atomic mass is 10.0. The number of benzene rings is 2. The van der Waals surface area contributed by atoms with Gasteiger partial charge in [0.15, 0.2) is 11.5 Å². The van der Waals surface area contributed by atoms with E-state index in [1.165, 1.54) is 28.3 Å². The minimum atomic E-state index is -4.03. The summed E-state index contributed by atoms with van der Waals surface area (Å²) in [5.41, 5.74) is 0.776. The summed E-state index contributed by atoms with van der Waals surface area (Å²) in [7, 11) is -4.03. The van der Waals surface area contributed by atoms with Crippen molar-refractivity contribution in [2.75, 3.05) is 51.2 Å². The van der Waals surface area contributed by atoms with Gasteiger partial charge in [0.1, 0.15) is 5.75 Å². The number of sulfonamides is 1. The van der Waals surface area contributed by atoms with Gasteiger partial charge in [0.25, 0.3) is 0 Å². The third kappa shape index (κ3) is 8.89. The summed E-state index contributed by atoms with van der Waals surface area (Å²) in [5, 5.41) is 23.0. The van der Waals surface area contributed by atoms with Gasteiger partial charge in [-0.15, -0.1) is 11.8 Å². The van der Waals surface area contributed by atoms with Gasteiger partial charge in [-0.3, -0.25) is 4.90 Å². The van der Waals surface area contributed by atoms with Gasteiger partial charge in [0, 0.05) is 43.9 Å². The van der Waals surface area contributed by atoms with E-state index in [-0.39, 0.29) is 37.1 Å². The molecule has 0 unspecified atom stereocenters. The molecule has 41 heavy (non-hydrogen) atoms. The number of aliphatic hydroxyl groups is 1. The van der Waals surface area contributed by atoms with Crippen molar-refractivity contribution in [2.45, 2.75) is 43.7 Å². The van der Waals surface area contributed by atoms with E-state index in [9.17, 15) is 23.4 Å². The van der Waals surface area contributed by atoms with Crippen LogP contribution in [0.1, 0.15) is 25.8 Å². The number of carbonyl (C=O) groups is 1. The molecule has 0 spiro atoms. The molecule has 13 heteroatoms. The summed E-state index contributed by atoms with van der Waals surface area (Å²) in [6.45, 7) is 6.33. The third-order valence-electron chi connectivity index (χ3n) is 6.81. The predicted molar refractivity (Wildman–Crippen MR) is 156 cm³/mol. The number of nitrogens with zero attached hydrogens (tertiary/aromatic N) is 2. The van der Waals surface area contributed by atoms with Crippen LogP contribution in [-0.4, -0.2) is 97.3 Å². The number of amides is 1. The first-order valence-corrected chi connectivity index (χ1v) is 16.3. The smallest absolute Gasteiger partial charge is 0.404 e. The molecular formula is C28H39N3O8S2. The van der Waals surface area contributed by atoms with Crippen molar-refractivity contribution in [1.82, 2.24) is 14.5 Å². The maximum absolute atomic E-state index is 13.6. The van der Waals surface area contributed by atoms with Gasteiger partial charge in [0.2, 0.25) is 16.8 Å². The number of nitrogens with one attached hydrogen (secondary N) is 1. The van der Waals surface area contributed by atoms with Crippen LogP contribution >= 0.6 is 11.8 Å². The highest BCUT2D eigenvalue weighted by molar-refractivity contribution is 7.99. The second-order valence-corrected chi connectivity index (χ2v) is 13.6. The van der Waals surface area contributed by atoms with Crippen LogP contribution in [0.3, 0.4) is 0 Å². The Labute approximate surface area is 245 Å². The first-order chi connectivity index (χ1) is 19.6. The third-order valence-corrected chi connectivity index (χ3v) is 9.65. The molecule has 1 saturated heterocycles. The van der Waals surface area contributed by atoms with E-state index >= 15 is 0 Å². The second-order valence-electron chi connectivity index (χ2n) is 10.6. The van der Waals surface area contributed by atoms with Crippen LogP contribution in [0.5, 0.6) is 17.2 Å². The Bertz CT molecular complexity index is 1250. The summed E-state index contributed by atoms with van der Waals surface area (Å²) >= 11 is 1.94. The minimum absolute atomic E-state index is 0.00671. The van der Waals surface area contributed by atoms with Crippen molar-refractivity contribution in [3.05, 3.63) is 48.0 Å². The molecule has 0 aromatic heterocycles. The number of hydrogen-bond acceptors (Lipinski definition) is 9. The van der Waals surface area contributed by atoms with Gasteiger partial charge < -0.3 is 29.7 Å². The highest BCUT2D eigenvalue weighted by Gasteiger charge is 2.32. The lowest BCUT2D eigenvalue weighted by molar-refractivity contribution is 0.0980. The van der Waals surface area contributed by atoms with Crippen LogP contribution < -0.4 is 19.5 Å². The maximum Gasteiger partial charge on any atom is 0.404 e. The first-order valence-electron chi connectivity index (χ1n) is 13.7. The molecule has 2 aromatic carbocycles. The number of carboxylic acid groups (broad SMARTS) is 1. The Morgan fingerprint density at radius 2 is 1.90 bits per heavy atom. The zero-order valence-corrected chi connectivity index (χ0v) is 25.0. The molecule has 0 radical (unpaired) electrons. The van der Waals surface area contributed by atoms with E-state index in [0.29, 0.717) is 23.9 Å². The zero-order valence-electron chi connectivity index (χ0n) is 23.4. The highest BCUT2D eigenvalue weighted by atomic mass is 32.2. The predicted octanol–water partition coefficient (Wildman–Crippen LogP) is 3.08. The molecular weight excluding hydrogens is 570 g/mol. The van der Waals surface area contributed by atoms with E-state index in [0.717, 1.165) is 31.0 Å². The molecule has 3 N–H and O–H groups in total. The summed E-state index contributed by atoms with van der Waals surface area (Å²) in [4.78, 5) is 14.0. The number of rotatable bonds is 15. The van der Waals surface area contributed by atoms with E-state index < -0.39 is 28.3 Å². The Balaban J connectivity index is 1.40. The standard InChI is InChI=1S/C28H39N3O8S2/c1-20(2)16-31(41(35,36)23-8-9-26-27(15-23)39-19-38-26)17-25(32)24(29-28(33)34)14-21-4-6-22(7-5-21)37-12-3-10-30-11-13-40-18-30/h4-9,15,20,24-25,29,32H,3,10-14,16-19H2,1-2H3,(H,33,34)/t24-,25-/m0/s1. The van der Waals surface area contributed by atoms with Crippen molar-refractivity contribution in [3.8, 4) is 17.2 Å². The molecule has 226 valence electrons. The van der Waals surface area contributed by atoms with E-state index in [2.05, 4.69) is 10.2 Å². The van der Waals surface area contributed by atoms with Crippen LogP contribution in [0.4, 0.5) is 4.79 Å². The number of thioether (sulfide) groups is 1. The minimum Gasteiger partial charge on any atom is -0.494 e. The molecule has 2 atom stereocenters. The topological polar surface area (TPSA) is 138 Å². The quantitative estimate of drug-likeness (QED) is 0.258. The Kier molecular flexibility index (Phi) is 11.0. The average molecular weight is 610 g/mol. The first kappa shape index (κ1) is 31.2. The van der Waals surface area contributed by atoms with Gasteiger partial charge in [-0.2, -0.15) is 4.31 Å². The largest absolute Gasteiger partial charge is 0.494 e. The van der Waals surface area contributed by atoms with Gasteiger partial charge in [-0.25, -0.2) is 13.2 Å². The summed E-state index contributed by atoms with van der Waals surface area (Å²) in [5.74, 6) is 3.72. The monoisotopic (exact) mass is 609 g/mol. The lowest BCUT2D eigenvalue weighted by Crippen LogP contribution is -2.50. The van der Waals surface area contributed by atoms with E-state index in [1.807, 2.05) is 49.9 Å². The highest BCUT2D eigenvalue weighted by Crippen LogP contribution is 2.35. The fourth-order valence-corrected chi connectivity index (χ4v) is 7.39. The summed E-state index contributed by atoms with van der Waals surface area (Å²) in [6, 6.07) is 10.7. The fraction of sp³-hybridized carbons (Fsp3) is 0.536. The molecule has 11 nitrogen and oxygen atoms in total. The molecule has 2 aromatic rings. The number of aliphatic hydroxyl groups excluding tert-OH is 1. The fourth-order valence-electron chi connectivity index (χ4n) is 4.72.